The van der Waals surface area contributed by atoms with Crippen LogP contribution in [-0.4, -0.2) is 23.3 Å². The van der Waals surface area contributed by atoms with Crippen LogP contribution in [0, 0.1) is 0 Å². The van der Waals surface area contributed by atoms with Crippen LogP contribution in [0.4, 0.5) is 13.2 Å². The van der Waals surface area contributed by atoms with E-state index in [-0.39, 0.29) is 17.1 Å². The zero-order valence-corrected chi connectivity index (χ0v) is 12.0. The van der Waals surface area contributed by atoms with Gasteiger partial charge in [0.2, 0.25) is 0 Å². The Morgan fingerprint density at radius 3 is 2.73 bits per heavy atom. The van der Waals surface area contributed by atoms with Gasteiger partial charge in [0, 0.05) is 12.6 Å². The lowest BCUT2D eigenvalue weighted by Crippen LogP contribution is -2.38. The summed E-state index contributed by atoms with van der Waals surface area (Å²) in [7, 11) is 0. The van der Waals surface area contributed by atoms with E-state index in [0.717, 1.165) is 23.1 Å². The van der Waals surface area contributed by atoms with Gasteiger partial charge in [-0.05, 0) is 30.2 Å². The number of carbonyl (C=O) groups is 2. The average molecular weight is 330 g/mol. The minimum absolute atomic E-state index is 0.0351. The standard InChI is InChI=1S/C15H11ClF3NO2/c16-12-5-2-8-20(14(12)22)13(21)7-6-10-3-1-4-11(9-10)15(17,18)19/h1,3-7,9H,2,8H2/b7-6+. The molecule has 0 saturated heterocycles. The summed E-state index contributed by atoms with van der Waals surface area (Å²) in [6.07, 6.45) is -0.188. The van der Waals surface area contributed by atoms with E-state index in [2.05, 4.69) is 0 Å². The third kappa shape index (κ3) is 3.76. The van der Waals surface area contributed by atoms with Crippen molar-refractivity contribution in [2.45, 2.75) is 12.6 Å². The van der Waals surface area contributed by atoms with Gasteiger partial charge in [0.25, 0.3) is 11.8 Å². The maximum absolute atomic E-state index is 12.6. The predicted octanol–water partition coefficient (Wildman–Crippen LogP) is 3.60. The zero-order chi connectivity index (χ0) is 16.3. The van der Waals surface area contributed by atoms with E-state index in [0.29, 0.717) is 6.42 Å². The third-order valence-electron chi connectivity index (χ3n) is 3.02. The van der Waals surface area contributed by atoms with Crippen molar-refractivity contribution < 1.29 is 22.8 Å². The highest BCUT2D eigenvalue weighted by Crippen LogP contribution is 2.29. The highest BCUT2D eigenvalue weighted by atomic mass is 35.5. The molecule has 1 heterocycles. The predicted molar refractivity (Wildman–Crippen MR) is 75.8 cm³/mol. The molecule has 0 aliphatic carbocycles. The minimum Gasteiger partial charge on any atom is -0.274 e. The number of imide groups is 1. The van der Waals surface area contributed by atoms with Crippen LogP contribution in [0.25, 0.3) is 6.08 Å². The van der Waals surface area contributed by atoms with E-state index in [1.165, 1.54) is 24.3 Å². The van der Waals surface area contributed by atoms with Crippen molar-refractivity contribution in [2.75, 3.05) is 6.54 Å². The van der Waals surface area contributed by atoms with Gasteiger partial charge < -0.3 is 0 Å². The fourth-order valence-corrected chi connectivity index (χ4v) is 2.14. The number of rotatable bonds is 2. The van der Waals surface area contributed by atoms with Gasteiger partial charge in [0.1, 0.15) is 5.03 Å². The molecule has 0 saturated carbocycles. The normalized spacial score (nSPS) is 16.1. The topological polar surface area (TPSA) is 37.4 Å². The van der Waals surface area contributed by atoms with E-state index >= 15 is 0 Å². The number of carbonyl (C=O) groups excluding carboxylic acids is 2. The molecule has 1 aromatic rings. The second-order valence-electron chi connectivity index (χ2n) is 4.59. The molecule has 2 rings (SSSR count). The molecule has 0 N–H and O–H groups in total. The van der Waals surface area contributed by atoms with Crippen molar-refractivity contribution in [3.05, 3.63) is 52.6 Å². The number of hydrogen-bond acceptors (Lipinski definition) is 2. The van der Waals surface area contributed by atoms with Gasteiger partial charge in [-0.15, -0.1) is 0 Å². The van der Waals surface area contributed by atoms with Gasteiger partial charge in [-0.3, -0.25) is 14.5 Å². The average Bonchev–Trinajstić information content (AvgIpc) is 2.47. The second-order valence-corrected chi connectivity index (χ2v) is 5.00. The van der Waals surface area contributed by atoms with Crippen molar-refractivity contribution >= 4 is 29.5 Å². The Bertz CT molecular complexity index is 665. The van der Waals surface area contributed by atoms with E-state index in [1.807, 2.05) is 0 Å². The Hall–Kier alpha value is -2.08. The van der Waals surface area contributed by atoms with E-state index in [1.54, 1.807) is 0 Å². The molecule has 7 heteroatoms. The highest BCUT2D eigenvalue weighted by Gasteiger charge is 2.30. The molecule has 1 aromatic carbocycles. The Morgan fingerprint density at radius 1 is 1.32 bits per heavy atom. The molecule has 0 radical (unpaired) electrons. The summed E-state index contributed by atoms with van der Waals surface area (Å²) in [5.41, 5.74) is -0.587. The Morgan fingerprint density at radius 2 is 2.05 bits per heavy atom. The first-order valence-corrected chi connectivity index (χ1v) is 6.73. The molecule has 116 valence electrons. The van der Waals surface area contributed by atoms with Gasteiger partial charge in [-0.2, -0.15) is 13.2 Å². The number of halogens is 4. The summed E-state index contributed by atoms with van der Waals surface area (Å²) in [5.74, 6) is -1.22. The summed E-state index contributed by atoms with van der Waals surface area (Å²) in [4.78, 5) is 24.6. The van der Waals surface area contributed by atoms with Crippen molar-refractivity contribution in [3.63, 3.8) is 0 Å². The number of hydrogen-bond donors (Lipinski definition) is 0. The van der Waals surface area contributed by atoms with Crippen LogP contribution < -0.4 is 0 Å². The summed E-state index contributed by atoms with van der Waals surface area (Å²) in [6.45, 7) is 0.195. The zero-order valence-electron chi connectivity index (χ0n) is 11.2. The van der Waals surface area contributed by atoms with Crippen molar-refractivity contribution in [1.82, 2.24) is 4.90 Å². The molecule has 3 nitrogen and oxygen atoms in total. The molecule has 2 amide bonds. The molecular formula is C15H11ClF3NO2. The van der Waals surface area contributed by atoms with Crippen LogP contribution >= 0.6 is 11.6 Å². The molecular weight excluding hydrogens is 319 g/mol. The summed E-state index contributed by atoms with van der Waals surface area (Å²) < 4.78 is 37.8. The fourth-order valence-electron chi connectivity index (χ4n) is 1.92. The van der Waals surface area contributed by atoms with Crippen LogP contribution in [0.15, 0.2) is 41.4 Å². The summed E-state index contributed by atoms with van der Waals surface area (Å²) >= 11 is 5.66. The Balaban J connectivity index is 2.14. The Kier molecular flexibility index (Phi) is 4.71. The van der Waals surface area contributed by atoms with Crippen LogP contribution in [-0.2, 0) is 15.8 Å². The maximum Gasteiger partial charge on any atom is 0.416 e. The summed E-state index contributed by atoms with van der Waals surface area (Å²) in [6, 6.07) is 4.55. The molecule has 0 spiro atoms. The number of alkyl halides is 3. The molecule has 0 bridgehead atoms. The molecule has 22 heavy (non-hydrogen) atoms. The largest absolute Gasteiger partial charge is 0.416 e. The lowest BCUT2D eigenvalue weighted by molar-refractivity contribution is -0.139. The van der Waals surface area contributed by atoms with Gasteiger partial charge in [0.15, 0.2) is 0 Å². The van der Waals surface area contributed by atoms with Crippen LogP contribution in [0.5, 0.6) is 0 Å². The molecule has 0 aromatic heterocycles. The second kappa shape index (κ2) is 6.36. The first-order chi connectivity index (χ1) is 10.3. The van der Waals surface area contributed by atoms with E-state index < -0.39 is 23.6 Å². The van der Waals surface area contributed by atoms with E-state index in [4.69, 9.17) is 11.6 Å². The fraction of sp³-hybridized carbons (Fsp3) is 0.200. The molecule has 0 unspecified atom stereocenters. The SMILES string of the molecule is O=C(/C=C/c1cccc(C(F)(F)F)c1)N1CCC=C(Cl)C1=O. The smallest absolute Gasteiger partial charge is 0.274 e. The quantitative estimate of drug-likeness (QED) is 0.777. The minimum atomic E-state index is -4.45. The number of amides is 2. The van der Waals surface area contributed by atoms with Crippen molar-refractivity contribution in [1.29, 1.82) is 0 Å². The van der Waals surface area contributed by atoms with Crippen LogP contribution in [0.2, 0.25) is 0 Å². The lowest BCUT2D eigenvalue weighted by atomic mass is 10.1. The molecule has 0 atom stereocenters. The maximum atomic E-state index is 12.6. The van der Waals surface area contributed by atoms with E-state index in [9.17, 15) is 22.8 Å². The number of nitrogens with zero attached hydrogens (tertiary/aromatic N) is 1. The molecule has 0 fully saturated rings. The Labute approximate surface area is 129 Å². The van der Waals surface area contributed by atoms with Crippen LogP contribution in [0.3, 0.4) is 0 Å². The van der Waals surface area contributed by atoms with Gasteiger partial charge in [-0.1, -0.05) is 29.8 Å². The summed E-state index contributed by atoms with van der Waals surface area (Å²) in [5, 5.41) is -0.0351. The molecule has 1 aliphatic heterocycles. The third-order valence-corrected chi connectivity index (χ3v) is 3.34. The van der Waals surface area contributed by atoms with Gasteiger partial charge in [0.05, 0.1) is 5.56 Å². The first kappa shape index (κ1) is 16.3. The van der Waals surface area contributed by atoms with Crippen molar-refractivity contribution in [3.8, 4) is 0 Å². The molecule has 1 aliphatic rings. The van der Waals surface area contributed by atoms with Gasteiger partial charge >= 0.3 is 6.18 Å². The number of benzene rings is 1. The monoisotopic (exact) mass is 329 g/mol. The highest BCUT2D eigenvalue weighted by molar-refractivity contribution is 6.43. The lowest BCUT2D eigenvalue weighted by Gasteiger charge is -2.21. The van der Waals surface area contributed by atoms with Crippen molar-refractivity contribution in [2.24, 2.45) is 0 Å². The first-order valence-electron chi connectivity index (χ1n) is 6.36. The van der Waals surface area contributed by atoms with Crippen LogP contribution in [0.1, 0.15) is 17.5 Å². The van der Waals surface area contributed by atoms with Gasteiger partial charge in [-0.25, -0.2) is 0 Å².